The summed E-state index contributed by atoms with van der Waals surface area (Å²) in [7, 11) is 1.84. The zero-order valence-corrected chi connectivity index (χ0v) is 16.6. The van der Waals surface area contributed by atoms with E-state index in [2.05, 4.69) is 26.3 Å². The molecular weight excluding hydrogens is 396 g/mol. The number of hydrogen-bond donors (Lipinski definition) is 0. The maximum Gasteiger partial charge on any atom is 0.227 e. The molecule has 3 nitrogen and oxygen atoms in total. The number of rotatable bonds is 5. The van der Waals surface area contributed by atoms with Crippen LogP contribution in [0.25, 0.3) is 11.3 Å². The lowest BCUT2D eigenvalue weighted by atomic mass is 10.1. The average Bonchev–Trinajstić information content (AvgIpc) is 3.04. The highest BCUT2D eigenvalue weighted by atomic mass is 79.9. The summed E-state index contributed by atoms with van der Waals surface area (Å²) < 4.78 is 1.04. The Labute approximate surface area is 160 Å². The first-order valence-corrected chi connectivity index (χ1v) is 9.68. The third-order valence-corrected chi connectivity index (χ3v) is 5.28. The Morgan fingerprint density at radius 2 is 1.72 bits per heavy atom. The van der Waals surface area contributed by atoms with Crippen LogP contribution in [0, 0.1) is 6.92 Å². The van der Waals surface area contributed by atoms with E-state index in [4.69, 9.17) is 0 Å². The molecule has 0 aliphatic rings. The van der Waals surface area contributed by atoms with E-state index in [1.165, 1.54) is 0 Å². The normalized spacial score (nSPS) is 10.7. The Bertz CT molecular complexity index is 856. The van der Waals surface area contributed by atoms with Gasteiger partial charge in [-0.05, 0) is 30.2 Å². The summed E-state index contributed by atoms with van der Waals surface area (Å²) in [4.78, 5) is 18.7. The summed E-state index contributed by atoms with van der Waals surface area (Å²) in [6, 6.07) is 16.1. The molecule has 0 saturated heterocycles. The second kappa shape index (κ2) is 7.93. The summed E-state index contributed by atoms with van der Waals surface area (Å²) in [6.45, 7) is 2.62. The smallest absolute Gasteiger partial charge is 0.227 e. The zero-order valence-electron chi connectivity index (χ0n) is 14.2. The van der Waals surface area contributed by atoms with E-state index in [1.807, 2.05) is 62.5 Å². The molecule has 0 spiro atoms. The number of nitrogens with zero attached hydrogens (tertiary/aromatic N) is 2. The topological polar surface area (TPSA) is 33.2 Å². The van der Waals surface area contributed by atoms with Crippen LogP contribution in [-0.2, 0) is 17.8 Å². The minimum absolute atomic E-state index is 0.111. The van der Waals surface area contributed by atoms with E-state index >= 15 is 0 Å². The second-order valence-corrected chi connectivity index (χ2v) is 7.98. The molecule has 0 fully saturated rings. The molecule has 3 rings (SSSR count). The van der Waals surface area contributed by atoms with Crippen LogP contribution >= 0.6 is 27.3 Å². The third kappa shape index (κ3) is 4.77. The first-order valence-electron chi connectivity index (χ1n) is 8.01. The minimum atomic E-state index is 0.111. The van der Waals surface area contributed by atoms with Gasteiger partial charge in [0.15, 0.2) is 0 Å². The largest absolute Gasteiger partial charge is 0.341 e. The van der Waals surface area contributed by atoms with E-state index in [9.17, 15) is 4.79 Å². The predicted molar refractivity (Wildman–Crippen MR) is 107 cm³/mol. The van der Waals surface area contributed by atoms with E-state index in [0.717, 1.165) is 31.9 Å². The van der Waals surface area contributed by atoms with E-state index in [0.29, 0.717) is 13.0 Å². The molecule has 1 aromatic heterocycles. The number of aromatic nitrogens is 1. The summed E-state index contributed by atoms with van der Waals surface area (Å²) in [5, 5.41) is 3.12. The molecule has 25 heavy (non-hydrogen) atoms. The number of hydrogen-bond acceptors (Lipinski definition) is 3. The molecule has 2 aromatic carbocycles. The van der Waals surface area contributed by atoms with Crippen molar-refractivity contribution >= 4 is 33.2 Å². The van der Waals surface area contributed by atoms with Crippen LogP contribution in [0.3, 0.4) is 0 Å². The average molecular weight is 415 g/mol. The van der Waals surface area contributed by atoms with E-state index in [1.54, 1.807) is 16.2 Å². The van der Waals surface area contributed by atoms with Crippen molar-refractivity contribution in [3.05, 3.63) is 74.5 Å². The lowest BCUT2D eigenvalue weighted by molar-refractivity contribution is -0.129. The Kier molecular flexibility index (Phi) is 5.66. The van der Waals surface area contributed by atoms with Gasteiger partial charge < -0.3 is 4.90 Å². The van der Waals surface area contributed by atoms with Crippen molar-refractivity contribution in [2.24, 2.45) is 0 Å². The Morgan fingerprint density at radius 3 is 2.32 bits per heavy atom. The highest BCUT2D eigenvalue weighted by molar-refractivity contribution is 9.10. The molecule has 3 aromatic rings. The number of benzene rings is 2. The molecule has 5 heteroatoms. The van der Waals surface area contributed by atoms with Gasteiger partial charge in [0.05, 0.1) is 17.1 Å². The fourth-order valence-electron chi connectivity index (χ4n) is 2.55. The van der Waals surface area contributed by atoms with Crippen LogP contribution in [-0.4, -0.2) is 22.8 Å². The van der Waals surface area contributed by atoms with Crippen LogP contribution < -0.4 is 0 Å². The van der Waals surface area contributed by atoms with Crippen molar-refractivity contribution in [3.8, 4) is 11.3 Å². The number of halogens is 1. The van der Waals surface area contributed by atoms with E-state index < -0.39 is 0 Å². The molecule has 0 saturated carbocycles. The second-order valence-electron chi connectivity index (χ2n) is 6.00. The summed E-state index contributed by atoms with van der Waals surface area (Å²) >= 11 is 5.07. The van der Waals surface area contributed by atoms with Gasteiger partial charge in [-0.2, -0.15) is 0 Å². The van der Waals surface area contributed by atoms with Crippen molar-refractivity contribution in [1.82, 2.24) is 9.88 Å². The Morgan fingerprint density at radius 1 is 1.08 bits per heavy atom. The Hall–Kier alpha value is -1.98. The fraction of sp³-hybridized carbons (Fsp3) is 0.200. The Balaban J connectivity index is 1.61. The minimum Gasteiger partial charge on any atom is -0.341 e. The fourth-order valence-corrected chi connectivity index (χ4v) is 3.44. The molecule has 0 bridgehead atoms. The number of aryl methyl sites for hydroxylation is 1. The number of amides is 1. The van der Waals surface area contributed by atoms with Crippen molar-refractivity contribution in [2.45, 2.75) is 19.9 Å². The van der Waals surface area contributed by atoms with Gasteiger partial charge in [-0.25, -0.2) is 4.98 Å². The SMILES string of the molecule is Cc1nc(-c2ccc(CC(=O)N(C)Cc3ccc(Br)cc3)cc2)cs1. The first-order chi connectivity index (χ1) is 12.0. The van der Waals surface area contributed by atoms with E-state index in [-0.39, 0.29) is 5.91 Å². The molecule has 1 amide bonds. The maximum atomic E-state index is 12.4. The van der Waals surface area contributed by atoms with Crippen molar-refractivity contribution in [2.75, 3.05) is 7.05 Å². The molecule has 0 atom stereocenters. The zero-order chi connectivity index (χ0) is 17.8. The van der Waals surface area contributed by atoms with Gasteiger partial charge in [0.25, 0.3) is 0 Å². The van der Waals surface area contributed by atoms with Crippen LogP contribution in [0.1, 0.15) is 16.1 Å². The first kappa shape index (κ1) is 17.8. The molecular formula is C20H19BrN2OS. The highest BCUT2D eigenvalue weighted by Gasteiger charge is 2.11. The van der Waals surface area contributed by atoms with Crippen LogP contribution in [0.2, 0.25) is 0 Å². The number of thiazole rings is 1. The van der Waals surface area contributed by atoms with Crippen molar-refractivity contribution in [3.63, 3.8) is 0 Å². The molecule has 0 radical (unpaired) electrons. The maximum absolute atomic E-state index is 12.4. The number of carbonyl (C=O) groups excluding carboxylic acids is 1. The van der Waals surface area contributed by atoms with Gasteiger partial charge in [-0.1, -0.05) is 52.3 Å². The summed E-state index contributed by atoms with van der Waals surface area (Å²) in [6.07, 6.45) is 0.406. The van der Waals surface area contributed by atoms with Gasteiger partial charge in [-0.3, -0.25) is 4.79 Å². The molecule has 128 valence electrons. The summed E-state index contributed by atoms with van der Waals surface area (Å²) in [5.41, 5.74) is 4.22. The van der Waals surface area contributed by atoms with Gasteiger partial charge in [0, 0.05) is 29.0 Å². The lowest BCUT2D eigenvalue weighted by Crippen LogP contribution is -2.27. The molecule has 1 heterocycles. The van der Waals surface area contributed by atoms with Crippen LogP contribution in [0.15, 0.2) is 58.4 Å². The van der Waals surface area contributed by atoms with Gasteiger partial charge in [-0.15, -0.1) is 11.3 Å². The molecule has 0 aliphatic heterocycles. The highest BCUT2D eigenvalue weighted by Crippen LogP contribution is 2.22. The van der Waals surface area contributed by atoms with Crippen LogP contribution in [0.4, 0.5) is 0 Å². The quantitative estimate of drug-likeness (QED) is 0.582. The molecule has 0 unspecified atom stereocenters. The predicted octanol–water partition coefficient (Wildman–Crippen LogP) is 5.08. The number of likely N-dealkylation sites (N-methyl/N-ethyl adjacent to an activating group) is 1. The van der Waals surface area contributed by atoms with Gasteiger partial charge >= 0.3 is 0 Å². The van der Waals surface area contributed by atoms with Gasteiger partial charge in [0.2, 0.25) is 5.91 Å². The summed E-state index contributed by atoms with van der Waals surface area (Å²) in [5.74, 6) is 0.111. The standard InChI is InChI=1S/C20H19BrN2OS/c1-14-22-19(13-25-14)17-7-3-15(4-8-17)11-20(24)23(2)12-16-5-9-18(21)10-6-16/h3-10,13H,11-12H2,1-2H3. The number of carbonyl (C=O) groups is 1. The molecule has 0 N–H and O–H groups in total. The van der Waals surface area contributed by atoms with Crippen molar-refractivity contribution in [1.29, 1.82) is 0 Å². The van der Waals surface area contributed by atoms with Crippen molar-refractivity contribution < 1.29 is 4.79 Å². The molecule has 0 aliphatic carbocycles. The third-order valence-electron chi connectivity index (χ3n) is 3.98. The monoisotopic (exact) mass is 414 g/mol. The van der Waals surface area contributed by atoms with Gasteiger partial charge in [0.1, 0.15) is 0 Å². The lowest BCUT2D eigenvalue weighted by Gasteiger charge is -2.17. The van der Waals surface area contributed by atoms with Crippen LogP contribution in [0.5, 0.6) is 0 Å².